The molecule has 1 aliphatic rings. The minimum Gasteiger partial charge on any atom is -0.495 e. The Balaban J connectivity index is 1.50. The van der Waals surface area contributed by atoms with E-state index in [0.29, 0.717) is 49.7 Å². The molecular weight excluding hydrogens is 502 g/mol. The number of benzene rings is 3. The summed E-state index contributed by atoms with van der Waals surface area (Å²) in [6.45, 7) is 6.81. The molecule has 1 heterocycles. The molecule has 0 unspecified atom stereocenters. The van der Waals surface area contributed by atoms with Gasteiger partial charge in [0.05, 0.1) is 24.3 Å². The van der Waals surface area contributed by atoms with E-state index in [1.807, 2.05) is 43.0 Å². The number of sulfonamides is 1. The van der Waals surface area contributed by atoms with E-state index in [4.69, 9.17) is 9.47 Å². The monoisotopic (exact) mass is 537 g/mol. The number of aryl methyl sites for hydroxylation is 1. The van der Waals surface area contributed by atoms with Crippen LogP contribution in [0.1, 0.15) is 28.4 Å². The number of nitrogens with zero attached hydrogens (tertiary/aromatic N) is 3. The second kappa shape index (κ2) is 11.9. The van der Waals surface area contributed by atoms with Crippen molar-refractivity contribution in [1.29, 1.82) is 0 Å². The van der Waals surface area contributed by atoms with E-state index in [1.165, 1.54) is 11.4 Å². The van der Waals surface area contributed by atoms with E-state index in [2.05, 4.69) is 4.90 Å². The van der Waals surface area contributed by atoms with Crippen molar-refractivity contribution in [1.82, 2.24) is 9.21 Å². The van der Waals surface area contributed by atoms with E-state index in [1.54, 1.807) is 49.6 Å². The minimum atomic E-state index is -3.71. The van der Waals surface area contributed by atoms with Crippen LogP contribution in [0.3, 0.4) is 0 Å². The Hall–Kier alpha value is -3.56. The van der Waals surface area contributed by atoms with Gasteiger partial charge in [-0.25, -0.2) is 8.42 Å². The normalized spacial score (nSPS) is 14.0. The van der Waals surface area contributed by atoms with Crippen LogP contribution in [0.2, 0.25) is 0 Å². The SMILES string of the molecule is CCOc1ccc(C(=O)N2CCN(c3ccccc3OC)CC2)cc1CN(C)S(=O)(=O)c1ccc(C)cc1. The molecular formula is C29H35N3O5S. The van der Waals surface area contributed by atoms with Gasteiger partial charge in [0.2, 0.25) is 10.0 Å². The van der Waals surface area contributed by atoms with Crippen molar-refractivity contribution in [3.05, 3.63) is 83.4 Å². The summed E-state index contributed by atoms with van der Waals surface area (Å²) in [5, 5.41) is 0. The van der Waals surface area contributed by atoms with Crippen LogP contribution in [0.25, 0.3) is 0 Å². The molecule has 8 nitrogen and oxygen atoms in total. The van der Waals surface area contributed by atoms with Gasteiger partial charge in [-0.3, -0.25) is 4.79 Å². The van der Waals surface area contributed by atoms with Gasteiger partial charge in [-0.05, 0) is 56.3 Å². The van der Waals surface area contributed by atoms with E-state index < -0.39 is 10.0 Å². The number of para-hydroxylation sites is 2. The number of methoxy groups -OCH3 is 1. The Morgan fingerprint density at radius 2 is 1.63 bits per heavy atom. The Kier molecular flexibility index (Phi) is 8.58. The van der Waals surface area contributed by atoms with Crippen LogP contribution >= 0.6 is 0 Å². The lowest BCUT2D eigenvalue weighted by Crippen LogP contribution is -2.48. The maximum Gasteiger partial charge on any atom is 0.253 e. The summed E-state index contributed by atoms with van der Waals surface area (Å²) in [6.07, 6.45) is 0. The highest BCUT2D eigenvalue weighted by molar-refractivity contribution is 7.89. The molecule has 9 heteroatoms. The first kappa shape index (κ1) is 27.5. The summed E-state index contributed by atoms with van der Waals surface area (Å²) < 4.78 is 38.9. The quantitative estimate of drug-likeness (QED) is 0.407. The van der Waals surface area contributed by atoms with Gasteiger partial charge in [-0.1, -0.05) is 29.8 Å². The minimum absolute atomic E-state index is 0.0776. The van der Waals surface area contributed by atoms with Gasteiger partial charge in [0.1, 0.15) is 11.5 Å². The Labute approximate surface area is 225 Å². The molecule has 0 saturated carbocycles. The zero-order valence-corrected chi connectivity index (χ0v) is 23.2. The second-order valence-electron chi connectivity index (χ2n) is 9.28. The molecule has 4 rings (SSSR count). The molecule has 0 aromatic heterocycles. The van der Waals surface area contributed by atoms with Gasteiger partial charge in [-0.2, -0.15) is 4.31 Å². The average Bonchev–Trinajstić information content (AvgIpc) is 2.94. The summed E-state index contributed by atoms with van der Waals surface area (Å²) in [6, 6.07) is 19.9. The van der Waals surface area contributed by atoms with Gasteiger partial charge in [0.15, 0.2) is 0 Å². The van der Waals surface area contributed by atoms with Crippen LogP contribution in [0.15, 0.2) is 71.6 Å². The predicted octanol–water partition coefficient (Wildman–Crippen LogP) is 4.19. The average molecular weight is 538 g/mol. The van der Waals surface area contributed by atoms with Gasteiger partial charge in [-0.15, -0.1) is 0 Å². The fraction of sp³-hybridized carbons (Fsp3) is 0.345. The van der Waals surface area contributed by atoms with Crippen LogP contribution in [0, 0.1) is 6.92 Å². The molecule has 1 saturated heterocycles. The Bertz CT molecular complexity index is 1370. The maximum absolute atomic E-state index is 13.4. The standard InChI is InChI=1S/C29H35N3O5S/c1-5-37-27-15-12-23(20-24(27)21-30(3)38(34,35)25-13-10-22(2)11-14-25)29(33)32-18-16-31(17-19-32)26-8-6-7-9-28(26)36-4/h6-15,20H,5,16-19,21H2,1-4H3. The van der Waals surface area contributed by atoms with Crippen molar-refractivity contribution >= 4 is 21.6 Å². The zero-order chi connectivity index (χ0) is 27.3. The third kappa shape index (κ3) is 5.95. The van der Waals surface area contributed by atoms with E-state index in [9.17, 15) is 13.2 Å². The Morgan fingerprint density at radius 3 is 2.29 bits per heavy atom. The van der Waals surface area contributed by atoms with Gasteiger partial charge in [0, 0.05) is 50.9 Å². The number of piperazine rings is 1. The smallest absolute Gasteiger partial charge is 0.253 e. The van der Waals surface area contributed by atoms with Crippen molar-refractivity contribution in [2.75, 3.05) is 51.8 Å². The molecule has 3 aromatic carbocycles. The van der Waals surface area contributed by atoms with Crippen molar-refractivity contribution in [3.8, 4) is 11.5 Å². The summed E-state index contributed by atoms with van der Waals surface area (Å²) in [5.74, 6) is 1.29. The van der Waals surface area contributed by atoms with Crippen LogP contribution in [0.4, 0.5) is 5.69 Å². The molecule has 0 radical (unpaired) electrons. The van der Waals surface area contributed by atoms with Gasteiger partial charge >= 0.3 is 0 Å². The second-order valence-corrected chi connectivity index (χ2v) is 11.3. The van der Waals surface area contributed by atoms with E-state index in [-0.39, 0.29) is 17.3 Å². The fourth-order valence-corrected chi connectivity index (χ4v) is 5.72. The zero-order valence-electron chi connectivity index (χ0n) is 22.4. The lowest BCUT2D eigenvalue weighted by molar-refractivity contribution is 0.0746. The number of hydrogen-bond donors (Lipinski definition) is 0. The third-order valence-electron chi connectivity index (χ3n) is 6.72. The summed E-state index contributed by atoms with van der Waals surface area (Å²) in [7, 11) is -0.514. The molecule has 1 fully saturated rings. The molecule has 0 aliphatic carbocycles. The number of carbonyl (C=O) groups excluding carboxylic acids is 1. The van der Waals surface area contributed by atoms with Crippen LogP contribution in [-0.2, 0) is 16.6 Å². The highest BCUT2D eigenvalue weighted by Gasteiger charge is 2.26. The summed E-state index contributed by atoms with van der Waals surface area (Å²) in [4.78, 5) is 17.7. The number of anilines is 1. The van der Waals surface area contributed by atoms with Crippen LogP contribution < -0.4 is 14.4 Å². The number of hydrogen-bond acceptors (Lipinski definition) is 6. The molecule has 0 spiro atoms. The fourth-order valence-electron chi connectivity index (χ4n) is 4.57. The largest absolute Gasteiger partial charge is 0.495 e. The topological polar surface area (TPSA) is 79.4 Å². The van der Waals surface area contributed by atoms with Crippen molar-refractivity contribution in [3.63, 3.8) is 0 Å². The van der Waals surface area contributed by atoms with Crippen molar-refractivity contribution in [2.24, 2.45) is 0 Å². The number of ether oxygens (including phenoxy) is 2. The first-order chi connectivity index (χ1) is 18.2. The molecule has 38 heavy (non-hydrogen) atoms. The lowest BCUT2D eigenvalue weighted by Gasteiger charge is -2.36. The van der Waals surface area contributed by atoms with Crippen LogP contribution in [0.5, 0.6) is 11.5 Å². The Morgan fingerprint density at radius 1 is 0.947 bits per heavy atom. The van der Waals surface area contributed by atoms with Gasteiger partial charge < -0.3 is 19.3 Å². The summed E-state index contributed by atoms with van der Waals surface area (Å²) in [5.41, 5.74) is 3.15. The molecule has 0 N–H and O–H groups in total. The molecule has 0 bridgehead atoms. The van der Waals surface area contributed by atoms with E-state index >= 15 is 0 Å². The third-order valence-corrected chi connectivity index (χ3v) is 8.54. The lowest BCUT2D eigenvalue weighted by atomic mass is 10.1. The molecule has 3 aromatic rings. The number of carbonyl (C=O) groups is 1. The molecule has 0 atom stereocenters. The summed E-state index contributed by atoms with van der Waals surface area (Å²) >= 11 is 0. The maximum atomic E-state index is 13.4. The highest BCUT2D eigenvalue weighted by Crippen LogP contribution is 2.29. The first-order valence-electron chi connectivity index (χ1n) is 12.7. The molecule has 1 amide bonds. The molecule has 1 aliphatic heterocycles. The molecule has 202 valence electrons. The van der Waals surface area contributed by atoms with E-state index in [0.717, 1.165) is 17.0 Å². The van der Waals surface area contributed by atoms with Gasteiger partial charge in [0.25, 0.3) is 5.91 Å². The van der Waals surface area contributed by atoms with Crippen molar-refractivity contribution < 1.29 is 22.7 Å². The van der Waals surface area contributed by atoms with Crippen molar-refractivity contribution in [2.45, 2.75) is 25.3 Å². The highest BCUT2D eigenvalue weighted by atomic mass is 32.2. The number of rotatable bonds is 9. The van der Waals surface area contributed by atoms with Crippen LogP contribution in [-0.4, -0.2) is 70.5 Å². The first-order valence-corrected chi connectivity index (χ1v) is 14.1. The number of amides is 1. The predicted molar refractivity (Wildman–Crippen MR) is 149 cm³/mol.